The van der Waals surface area contributed by atoms with Gasteiger partial charge in [0, 0.05) is 10.4 Å². The molecule has 0 saturated heterocycles. The van der Waals surface area contributed by atoms with Crippen molar-refractivity contribution in [3.8, 4) is 0 Å². The summed E-state index contributed by atoms with van der Waals surface area (Å²) in [7, 11) is 0. The second-order valence-electron chi connectivity index (χ2n) is 6.31. The third-order valence-corrected chi connectivity index (χ3v) is 4.70. The fourth-order valence-corrected chi connectivity index (χ4v) is 2.93. The first-order valence-corrected chi connectivity index (χ1v) is 9.12. The van der Waals surface area contributed by atoms with E-state index in [1.54, 1.807) is 30.5 Å². The maximum Gasteiger partial charge on any atom is 0.257 e. The van der Waals surface area contributed by atoms with Crippen molar-refractivity contribution in [2.75, 3.05) is 0 Å². The predicted octanol–water partition coefficient (Wildman–Crippen LogP) is 5.15. The molecule has 4 rings (SSSR count). The Morgan fingerprint density at radius 1 is 1.11 bits per heavy atom. The lowest BCUT2D eigenvalue weighted by molar-refractivity contribution is 0.0944. The van der Waals surface area contributed by atoms with E-state index in [0.29, 0.717) is 27.6 Å². The fourth-order valence-electron chi connectivity index (χ4n) is 2.76. The Morgan fingerprint density at radius 2 is 1.96 bits per heavy atom. The largest absolute Gasteiger partial charge is 0.467 e. The molecule has 5 nitrogen and oxygen atoms in total. The number of halogens is 1. The lowest BCUT2D eigenvalue weighted by Crippen LogP contribution is -2.28. The molecule has 0 unspecified atom stereocenters. The molecule has 28 heavy (non-hydrogen) atoms. The standard InChI is InChI=1S/C22H17ClN2O3/c1-14-8-9-16(12-19(14)23)25-22-18(11-15-5-2-3-7-20(15)28-22)21(26)24-13-17-6-4-10-27-17/h2-12H,13H2,1H3,(H,24,26). The molecule has 2 aromatic heterocycles. The van der Waals surface area contributed by atoms with Gasteiger partial charge in [0.15, 0.2) is 0 Å². The molecule has 0 radical (unpaired) electrons. The van der Waals surface area contributed by atoms with Crippen molar-refractivity contribution in [2.24, 2.45) is 4.99 Å². The number of para-hydroxylation sites is 1. The van der Waals surface area contributed by atoms with Crippen LogP contribution in [0, 0.1) is 6.92 Å². The van der Waals surface area contributed by atoms with E-state index in [1.807, 2.05) is 43.3 Å². The zero-order valence-corrected chi connectivity index (χ0v) is 15.9. The second-order valence-corrected chi connectivity index (χ2v) is 6.72. The molecule has 2 aromatic carbocycles. The van der Waals surface area contributed by atoms with E-state index in [2.05, 4.69) is 10.3 Å². The van der Waals surface area contributed by atoms with Gasteiger partial charge in [-0.15, -0.1) is 0 Å². The summed E-state index contributed by atoms with van der Waals surface area (Å²) in [4.78, 5) is 17.3. The number of nitrogens with zero attached hydrogens (tertiary/aromatic N) is 1. The predicted molar refractivity (Wildman–Crippen MR) is 108 cm³/mol. The van der Waals surface area contributed by atoms with E-state index in [4.69, 9.17) is 20.4 Å². The van der Waals surface area contributed by atoms with E-state index in [9.17, 15) is 4.79 Å². The van der Waals surface area contributed by atoms with Gasteiger partial charge in [-0.2, -0.15) is 0 Å². The highest BCUT2D eigenvalue weighted by Gasteiger charge is 2.13. The normalized spacial score (nSPS) is 11.7. The summed E-state index contributed by atoms with van der Waals surface area (Å²) in [6.07, 6.45) is 1.56. The van der Waals surface area contributed by atoms with Gasteiger partial charge < -0.3 is 14.2 Å². The van der Waals surface area contributed by atoms with E-state index in [-0.39, 0.29) is 18.0 Å². The number of rotatable bonds is 4. The van der Waals surface area contributed by atoms with Crippen LogP contribution in [0.5, 0.6) is 0 Å². The summed E-state index contributed by atoms with van der Waals surface area (Å²) in [5.74, 6) is 0.359. The van der Waals surface area contributed by atoms with Crippen molar-refractivity contribution in [2.45, 2.75) is 13.5 Å². The number of carbonyl (C=O) groups excluding carboxylic acids is 1. The van der Waals surface area contributed by atoms with Gasteiger partial charge >= 0.3 is 0 Å². The summed E-state index contributed by atoms with van der Waals surface area (Å²) in [5, 5.41) is 4.25. The lowest BCUT2D eigenvalue weighted by Gasteiger charge is -2.06. The number of nitrogens with one attached hydrogen (secondary N) is 1. The summed E-state index contributed by atoms with van der Waals surface area (Å²) in [6.45, 7) is 2.19. The van der Waals surface area contributed by atoms with Gasteiger partial charge in [0.25, 0.3) is 5.91 Å². The number of aryl methyl sites for hydroxylation is 1. The maximum absolute atomic E-state index is 12.8. The van der Waals surface area contributed by atoms with E-state index < -0.39 is 0 Å². The molecule has 140 valence electrons. The number of amides is 1. The Bertz CT molecular complexity index is 1210. The van der Waals surface area contributed by atoms with Gasteiger partial charge in [0.05, 0.1) is 18.5 Å². The molecule has 0 spiro atoms. The molecule has 0 aliphatic heterocycles. The number of benzene rings is 2. The van der Waals surface area contributed by atoms with Gasteiger partial charge in [-0.3, -0.25) is 4.79 Å². The van der Waals surface area contributed by atoms with Crippen molar-refractivity contribution in [3.63, 3.8) is 0 Å². The topological polar surface area (TPSA) is 67.7 Å². The van der Waals surface area contributed by atoms with Crippen LogP contribution in [-0.4, -0.2) is 5.91 Å². The Labute approximate surface area is 166 Å². The van der Waals surface area contributed by atoms with Crippen LogP contribution in [0.4, 0.5) is 5.69 Å². The number of fused-ring (bicyclic) bond motifs is 1. The van der Waals surface area contributed by atoms with Crippen molar-refractivity contribution in [1.29, 1.82) is 0 Å². The van der Waals surface area contributed by atoms with Crippen molar-refractivity contribution < 1.29 is 13.6 Å². The molecule has 0 bridgehead atoms. The molecule has 0 fully saturated rings. The van der Waals surface area contributed by atoms with Crippen LogP contribution in [0.15, 0.2) is 80.8 Å². The fraction of sp³-hybridized carbons (Fsp3) is 0.0909. The van der Waals surface area contributed by atoms with Gasteiger partial charge in [0.1, 0.15) is 16.9 Å². The first kappa shape index (κ1) is 18.1. The first-order chi connectivity index (χ1) is 13.6. The highest BCUT2D eigenvalue weighted by atomic mass is 35.5. The molecule has 1 amide bonds. The van der Waals surface area contributed by atoms with Crippen LogP contribution in [0.2, 0.25) is 5.02 Å². The molecule has 4 aromatic rings. The monoisotopic (exact) mass is 392 g/mol. The van der Waals surface area contributed by atoms with Crippen molar-refractivity contribution >= 4 is 34.2 Å². The molecule has 6 heteroatoms. The SMILES string of the molecule is Cc1ccc(N=c2oc3ccccc3cc2C(=O)NCc2ccco2)cc1Cl. The zero-order chi connectivity index (χ0) is 19.5. The first-order valence-electron chi connectivity index (χ1n) is 8.74. The maximum atomic E-state index is 12.8. The Hall–Kier alpha value is -3.31. The molecule has 0 saturated carbocycles. The van der Waals surface area contributed by atoms with Gasteiger partial charge in [-0.05, 0) is 48.9 Å². The number of hydrogen-bond donors (Lipinski definition) is 1. The third-order valence-electron chi connectivity index (χ3n) is 4.29. The zero-order valence-electron chi connectivity index (χ0n) is 15.1. The lowest BCUT2D eigenvalue weighted by atomic mass is 10.1. The third kappa shape index (κ3) is 3.85. The van der Waals surface area contributed by atoms with E-state index in [0.717, 1.165) is 10.9 Å². The average Bonchev–Trinajstić information content (AvgIpc) is 3.22. The van der Waals surface area contributed by atoms with Crippen LogP contribution in [-0.2, 0) is 6.54 Å². The van der Waals surface area contributed by atoms with Crippen LogP contribution in [0.25, 0.3) is 11.0 Å². The highest BCUT2D eigenvalue weighted by Crippen LogP contribution is 2.22. The van der Waals surface area contributed by atoms with E-state index in [1.165, 1.54) is 0 Å². The van der Waals surface area contributed by atoms with Crippen LogP contribution in [0.1, 0.15) is 21.7 Å². The van der Waals surface area contributed by atoms with Gasteiger partial charge in [-0.1, -0.05) is 35.9 Å². The van der Waals surface area contributed by atoms with Gasteiger partial charge in [-0.25, -0.2) is 4.99 Å². The van der Waals surface area contributed by atoms with Crippen LogP contribution < -0.4 is 10.9 Å². The van der Waals surface area contributed by atoms with Crippen LogP contribution in [0.3, 0.4) is 0 Å². The smallest absolute Gasteiger partial charge is 0.257 e. The van der Waals surface area contributed by atoms with Gasteiger partial charge in [0.2, 0.25) is 5.55 Å². The minimum Gasteiger partial charge on any atom is -0.467 e. The average molecular weight is 393 g/mol. The number of carbonyl (C=O) groups is 1. The molecule has 1 N–H and O–H groups in total. The molecule has 2 heterocycles. The highest BCUT2D eigenvalue weighted by molar-refractivity contribution is 6.31. The molecule has 0 atom stereocenters. The molecule has 0 aliphatic carbocycles. The van der Waals surface area contributed by atoms with Crippen molar-refractivity contribution in [3.05, 3.63) is 94.4 Å². The minimum atomic E-state index is -0.303. The summed E-state index contributed by atoms with van der Waals surface area (Å²) in [5.41, 5.74) is 2.75. The van der Waals surface area contributed by atoms with Crippen LogP contribution >= 0.6 is 11.6 Å². The molecular formula is C22H17ClN2O3. The quantitative estimate of drug-likeness (QED) is 0.522. The van der Waals surface area contributed by atoms with E-state index >= 15 is 0 Å². The number of furan rings is 1. The summed E-state index contributed by atoms with van der Waals surface area (Å²) >= 11 is 6.20. The molecule has 0 aliphatic rings. The Balaban J connectivity index is 1.78. The Morgan fingerprint density at radius 3 is 2.75 bits per heavy atom. The Kier molecular flexibility index (Phi) is 5.00. The second kappa shape index (κ2) is 7.74. The summed E-state index contributed by atoms with van der Waals surface area (Å²) < 4.78 is 11.2. The minimum absolute atomic E-state index is 0.218. The van der Waals surface area contributed by atoms with Crippen molar-refractivity contribution in [1.82, 2.24) is 5.32 Å². The summed E-state index contributed by atoms with van der Waals surface area (Å²) in [6, 6.07) is 18.3. The molecular weight excluding hydrogens is 376 g/mol. The number of hydrogen-bond acceptors (Lipinski definition) is 4.